The molecule has 0 saturated carbocycles. The second-order valence-corrected chi connectivity index (χ2v) is 4.58. The second kappa shape index (κ2) is 3.36. The minimum atomic E-state index is -0.630. The first-order valence-electron chi connectivity index (χ1n) is 5.03. The van der Waals surface area contributed by atoms with Gasteiger partial charge in [-0.3, -0.25) is 14.5 Å². The molecule has 2 heterocycles. The number of carbonyl (C=O) groups is 2. The highest BCUT2D eigenvalue weighted by Gasteiger charge is 2.47. The Morgan fingerprint density at radius 3 is 2.56 bits per heavy atom. The summed E-state index contributed by atoms with van der Waals surface area (Å²) in [6, 6.07) is -0.472. The molecule has 1 unspecified atom stereocenters. The lowest BCUT2D eigenvalue weighted by molar-refractivity contribution is -0.143. The van der Waals surface area contributed by atoms with Crippen LogP contribution in [0.3, 0.4) is 0 Å². The van der Waals surface area contributed by atoms with Gasteiger partial charge in [0.2, 0.25) is 11.8 Å². The standard InChI is InChI=1S/C9H13N5O2/c1-5(7-10-12-13-11-7)14-6(15)4-9(2,3)8(14)16/h5H,4H2,1-3H3,(H,10,11,12,13). The van der Waals surface area contributed by atoms with E-state index < -0.39 is 11.5 Å². The van der Waals surface area contributed by atoms with E-state index in [1.165, 1.54) is 4.90 Å². The molecule has 86 valence electrons. The van der Waals surface area contributed by atoms with Crippen LogP contribution in [0.4, 0.5) is 0 Å². The fourth-order valence-electron chi connectivity index (χ4n) is 1.83. The van der Waals surface area contributed by atoms with Crippen LogP contribution in [0.5, 0.6) is 0 Å². The third-order valence-corrected chi connectivity index (χ3v) is 2.78. The van der Waals surface area contributed by atoms with Crippen molar-refractivity contribution in [2.75, 3.05) is 0 Å². The molecule has 1 aromatic heterocycles. The lowest BCUT2D eigenvalue weighted by Crippen LogP contribution is -2.35. The molecule has 7 nitrogen and oxygen atoms in total. The molecule has 0 radical (unpaired) electrons. The maximum absolute atomic E-state index is 12.0. The number of hydrogen-bond acceptors (Lipinski definition) is 5. The molecule has 2 amide bonds. The van der Waals surface area contributed by atoms with Crippen LogP contribution < -0.4 is 0 Å². The molecule has 1 aromatic rings. The maximum atomic E-state index is 12.0. The number of nitrogens with zero attached hydrogens (tertiary/aromatic N) is 4. The predicted molar refractivity (Wildman–Crippen MR) is 52.8 cm³/mol. The summed E-state index contributed by atoms with van der Waals surface area (Å²) >= 11 is 0. The number of amides is 2. The fourth-order valence-corrected chi connectivity index (χ4v) is 1.83. The van der Waals surface area contributed by atoms with Gasteiger partial charge in [0.05, 0.1) is 5.41 Å². The zero-order chi connectivity index (χ0) is 11.9. The predicted octanol–water partition coefficient (Wildman–Crippen LogP) is 0.0458. The first-order chi connectivity index (χ1) is 7.43. The minimum Gasteiger partial charge on any atom is -0.274 e. The lowest BCUT2D eigenvalue weighted by atomic mass is 9.92. The summed E-state index contributed by atoms with van der Waals surface area (Å²) in [5.41, 5.74) is -0.630. The van der Waals surface area contributed by atoms with Gasteiger partial charge in [0.1, 0.15) is 6.04 Å². The maximum Gasteiger partial charge on any atom is 0.236 e. The SMILES string of the molecule is CC(c1nn[nH]n1)N1C(=O)CC(C)(C)C1=O. The van der Waals surface area contributed by atoms with Gasteiger partial charge >= 0.3 is 0 Å². The van der Waals surface area contributed by atoms with E-state index in [0.717, 1.165) is 0 Å². The van der Waals surface area contributed by atoms with Gasteiger partial charge in [0.25, 0.3) is 0 Å². The normalized spacial score (nSPS) is 21.6. The highest BCUT2D eigenvalue weighted by atomic mass is 16.2. The molecule has 1 aliphatic rings. The third kappa shape index (κ3) is 1.48. The van der Waals surface area contributed by atoms with Crippen molar-refractivity contribution in [3.8, 4) is 0 Å². The summed E-state index contributed by atoms with van der Waals surface area (Å²) in [6.07, 6.45) is 0.230. The lowest BCUT2D eigenvalue weighted by Gasteiger charge is -2.21. The molecule has 0 aliphatic carbocycles. The van der Waals surface area contributed by atoms with Gasteiger partial charge in [0.15, 0.2) is 5.82 Å². The molecule has 1 fully saturated rings. The molecule has 7 heteroatoms. The number of aromatic amines is 1. The fraction of sp³-hybridized carbons (Fsp3) is 0.667. The van der Waals surface area contributed by atoms with E-state index in [1.807, 2.05) is 0 Å². The number of hydrogen-bond donors (Lipinski definition) is 1. The molecule has 0 spiro atoms. The number of nitrogens with one attached hydrogen (secondary N) is 1. The largest absolute Gasteiger partial charge is 0.274 e. The second-order valence-electron chi connectivity index (χ2n) is 4.58. The quantitative estimate of drug-likeness (QED) is 0.715. The molecule has 1 saturated heterocycles. The topological polar surface area (TPSA) is 91.8 Å². The summed E-state index contributed by atoms with van der Waals surface area (Å²) < 4.78 is 0. The molecular formula is C9H13N5O2. The van der Waals surface area contributed by atoms with E-state index >= 15 is 0 Å². The zero-order valence-electron chi connectivity index (χ0n) is 9.39. The van der Waals surface area contributed by atoms with E-state index in [9.17, 15) is 9.59 Å². The number of likely N-dealkylation sites (tertiary alicyclic amines) is 1. The summed E-state index contributed by atoms with van der Waals surface area (Å²) in [7, 11) is 0. The van der Waals surface area contributed by atoms with Crippen molar-refractivity contribution < 1.29 is 9.59 Å². The van der Waals surface area contributed by atoms with Crippen LogP contribution in [0.15, 0.2) is 0 Å². The van der Waals surface area contributed by atoms with Crippen molar-refractivity contribution in [3.05, 3.63) is 5.82 Å². The average Bonchev–Trinajstić information content (AvgIpc) is 2.74. The summed E-state index contributed by atoms with van der Waals surface area (Å²) in [4.78, 5) is 25.0. The van der Waals surface area contributed by atoms with E-state index in [0.29, 0.717) is 5.82 Å². The Morgan fingerprint density at radius 2 is 2.12 bits per heavy atom. The Bertz CT molecular complexity index is 425. The highest BCUT2D eigenvalue weighted by Crippen LogP contribution is 2.35. The molecule has 0 aromatic carbocycles. The number of H-pyrrole nitrogens is 1. The van der Waals surface area contributed by atoms with Gasteiger partial charge < -0.3 is 0 Å². The average molecular weight is 223 g/mol. The first-order valence-corrected chi connectivity index (χ1v) is 5.03. The van der Waals surface area contributed by atoms with E-state index in [2.05, 4.69) is 20.6 Å². The van der Waals surface area contributed by atoms with E-state index in [1.54, 1.807) is 20.8 Å². The van der Waals surface area contributed by atoms with Crippen LogP contribution >= 0.6 is 0 Å². The van der Waals surface area contributed by atoms with Crippen molar-refractivity contribution in [2.45, 2.75) is 33.2 Å². The van der Waals surface area contributed by atoms with Crippen molar-refractivity contribution >= 4 is 11.8 Å². The summed E-state index contributed by atoms with van der Waals surface area (Å²) in [6.45, 7) is 5.23. The Balaban J connectivity index is 2.29. The molecule has 16 heavy (non-hydrogen) atoms. The van der Waals surface area contributed by atoms with Crippen LogP contribution in [-0.4, -0.2) is 37.3 Å². The van der Waals surface area contributed by atoms with Gasteiger partial charge in [-0.15, -0.1) is 10.2 Å². The van der Waals surface area contributed by atoms with Crippen molar-refractivity contribution in [3.63, 3.8) is 0 Å². The highest BCUT2D eigenvalue weighted by molar-refractivity contribution is 6.05. The molecule has 1 atom stereocenters. The number of carbonyl (C=O) groups excluding carboxylic acids is 2. The van der Waals surface area contributed by atoms with Crippen molar-refractivity contribution in [2.24, 2.45) is 5.41 Å². The molecule has 0 bridgehead atoms. The molecular weight excluding hydrogens is 210 g/mol. The molecule has 1 N–H and O–H groups in total. The Morgan fingerprint density at radius 1 is 1.44 bits per heavy atom. The molecule has 1 aliphatic heterocycles. The Labute approximate surface area is 92.2 Å². The van der Waals surface area contributed by atoms with Crippen molar-refractivity contribution in [1.29, 1.82) is 0 Å². The number of tetrazole rings is 1. The minimum absolute atomic E-state index is 0.185. The summed E-state index contributed by atoms with van der Waals surface area (Å²) in [5, 5.41) is 13.3. The van der Waals surface area contributed by atoms with Crippen LogP contribution in [0, 0.1) is 5.41 Å². The van der Waals surface area contributed by atoms with Crippen LogP contribution in [-0.2, 0) is 9.59 Å². The van der Waals surface area contributed by atoms with Gasteiger partial charge in [-0.2, -0.15) is 5.21 Å². The first kappa shape index (κ1) is 10.7. The van der Waals surface area contributed by atoms with Gasteiger partial charge in [-0.05, 0) is 6.92 Å². The summed E-state index contributed by atoms with van der Waals surface area (Å²) in [5.74, 6) is -0.0264. The zero-order valence-corrected chi connectivity index (χ0v) is 9.39. The Kier molecular flexibility index (Phi) is 2.25. The number of rotatable bonds is 2. The van der Waals surface area contributed by atoms with E-state index in [4.69, 9.17) is 0 Å². The van der Waals surface area contributed by atoms with Crippen LogP contribution in [0.1, 0.15) is 39.1 Å². The van der Waals surface area contributed by atoms with Crippen molar-refractivity contribution in [1.82, 2.24) is 25.5 Å². The smallest absolute Gasteiger partial charge is 0.236 e. The monoisotopic (exact) mass is 223 g/mol. The molecule has 2 rings (SSSR count). The van der Waals surface area contributed by atoms with Gasteiger partial charge in [-0.1, -0.05) is 19.1 Å². The number of aromatic nitrogens is 4. The van der Waals surface area contributed by atoms with Crippen LogP contribution in [0.25, 0.3) is 0 Å². The van der Waals surface area contributed by atoms with E-state index in [-0.39, 0.29) is 18.2 Å². The van der Waals surface area contributed by atoms with Crippen LogP contribution in [0.2, 0.25) is 0 Å². The third-order valence-electron chi connectivity index (χ3n) is 2.78. The number of imide groups is 1. The van der Waals surface area contributed by atoms with Gasteiger partial charge in [0, 0.05) is 6.42 Å². The Hall–Kier alpha value is -1.79. The van der Waals surface area contributed by atoms with Gasteiger partial charge in [-0.25, -0.2) is 0 Å².